The molecule has 3 heterocycles. The van der Waals surface area contributed by atoms with E-state index in [1.165, 1.54) is 19.3 Å². The quantitative estimate of drug-likeness (QED) is 0.827. The number of rotatable bonds is 2. The van der Waals surface area contributed by atoms with E-state index in [1.54, 1.807) is 6.20 Å². The molecule has 0 aromatic carbocycles. The Bertz CT molecular complexity index is 473. The summed E-state index contributed by atoms with van der Waals surface area (Å²) in [5.74, 6) is 1.04. The molecule has 2 aliphatic heterocycles. The van der Waals surface area contributed by atoms with Crippen molar-refractivity contribution in [1.82, 2.24) is 9.88 Å². The number of thiocarbonyl (C=S) groups is 1. The molecule has 5 heteroatoms. The van der Waals surface area contributed by atoms with Crippen molar-refractivity contribution < 1.29 is 0 Å². The SMILES string of the molecule is CN1C2CCC1CN(c1ccc(C(N)=S)cn1)CC2. The lowest BCUT2D eigenvalue weighted by atomic mass is 10.1. The van der Waals surface area contributed by atoms with E-state index in [1.807, 2.05) is 12.1 Å². The Kier molecular flexibility index (Phi) is 3.41. The first-order chi connectivity index (χ1) is 9.15. The van der Waals surface area contributed by atoms with Crippen molar-refractivity contribution in [3.05, 3.63) is 23.9 Å². The molecule has 0 aliphatic carbocycles. The molecular formula is C14H20N4S. The summed E-state index contributed by atoms with van der Waals surface area (Å²) in [4.78, 5) is 9.86. The van der Waals surface area contributed by atoms with Crippen LogP contribution in [0.2, 0.25) is 0 Å². The number of fused-ring (bicyclic) bond motifs is 2. The smallest absolute Gasteiger partial charge is 0.128 e. The third kappa shape index (κ3) is 2.44. The highest BCUT2D eigenvalue weighted by molar-refractivity contribution is 7.80. The van der Waals surface area contributed by atoms with Gasteiger partial charge >= 0.3 is 0 Å². The predicted octanol–water partition coefficient (Wildman–Crippen LogP) is 1.39. The molecule has 19 heavy (non-hydrogen) atoms. The number of nitrogens with two attached hydrogens (primary N) is 1. The molecule has 2 atom stereocenters. The molecule has 2 saturated heterocycles. The minimum absolute atomic E-state index is 0.411. The van der Waals surface area contributed by atoms with Crippen LogP contribution in [0.1, 0.15) is 24.8 Å². The van der Waals surface area contributed by atoms with Gasteiger partial charge in [0.2, 0.25) is 0 Å². The average molecular weight is 276 g/mol. The molecule has 0 amide bonds. The summed E-state index contributed by atoms with van der Waals surface area (Å²) in [7, 11) is 2.26. The summed E-state index contributed by atoms with van der Waals surface area (Å²) in [6, 6.07) is 5.43. The maximum atomic E-state index is 5.61. The lowest BCUT2D eigenvalue weighted by molar-refractivity contribution is 0.254. The van der Waals surface area contributed by atoms with Crippen molar-refractivity contribution in [3.63, 3.8) is 0 Å². The Morgan fingerprint density at radius 3 is 2.79 bits per heavy atom. The normalized spacial score (nSPS) is 27.3. The fourth-order valence-electron chi connectivity index (χ4n) is 3.24. The van der Waals surface area contributed by atoms with E-state index in [-0.39, 0.29) is 0 Å². The van der Waals surface area contributed by atoms with Crippen LogP contribution in [-0.2, 0) is 0 Å². The monoisotopic (exact) mass is 276 g/mol. The second-order valence-corrected chi connectivity index (χ2v) is 5.99. The van der Waals surface area contributed by atoms with Crippen molar-refractivity contribution in [1.29, 1.82) is 0 Å². The number of pyridine rings is 1. The van der Waals surface area contributed by atoms with Gasteiger partial charge in [-0.2, -0.15) is 0 Å². The summed E-state index contributed by atoms with van der Waals surface area (Å²) >= 11 is 4.96. The zero-order valence-electron chi connectivity index (χ0n) is 11.2. The number of likely N-dealkylation sites (N-methyl/N-ethyl adjacent to an activating group) is 1. The highest BCUT2D eigenvalue weighted by atomic mass is 32.1. The van der Waals surface area contributed by atoms with Crippen LogP contribution < -0.4 is 10.6 Å². The summed E-state index contributed by atoms with van der Waals surface area (Å²) in [5.41, 5.74) is 6.45. The van der Waals surface area contributed by atoms with Gasteiger partial charge < -0.3 is 10.6 Å². The van der Waals surface area contributed by atoms with Crippen molar-refractivity contribution >= 4 is 23.0 Å². The Morgan fingerprint density at radius 1 is 1.32 bits per heavy atom. The standard InChI is InChI=1S/C14H20N4S/c1-17-11-3-4-12(17)9-18(7-6-11)13-5-2-10(8-16-13)14(15)19/h2,5,8,11-12H,3-4,6-7,9H2,1H3,(H2,15,19). The minimum atomic E-state index is 0.411. The van der Waals surface area contributed by atoms with Crippen LogP contribution in [0.15, 0.2) is 18.3 Å². The highest BCUT2D eigenvalue weighted by Crippen LogP contribution is 2.30. The van der Waals surface area contributed by atoms with Crippen LogP contribution in [0.3, 0.4) is 0 Å². The third-order valence-electron chi connectivity index (χ3n) is 4.50. The number of nitrogens with zero attached hydrogens (tertiary/aromatic N) is 3. The number of hydrogen-bond acceptors (Lipinski definition) is 4. The van der Waals surface area contributed by atoms with Gasteiger partial charge in [0.25, 0.3) is 0 Å². The zero-order chi connectivity index (χ0) is 13.4. The lowest BCUT2D eigenvalue weighted by Crippen LogP contribution is -2.37. The second kappa shape index (κ2) is 5.06. The third-order valence-corrected chi connectivity index (χ3v) is 4.74. The van der Waals surface area contributed by atoms with Crippen LogP contribution in [0.4, 0.5) is 5.82 Å². The number of aromatic nitrogens is 1. The molecule has 2 fully saturated rings. The van der Waals surface area contributed by atoms with Gasteiger partial charge in [-0.25, -0.2) is 4.98 Å². The Hall–Kier alpha value is -1.20. The van der Waals surface area contributed by atoms with Gasteiger partial charge in [0.15, 0.2) is 0 Å². The maximum absolute atomic E-state index is 5.61. The van der Waals surface area contributed by atoms with Crippen molar-refractivity contribution in [3.8, 4) is 0 Å². The van der Waals surface area contributed by atoms with Gasteiger partial charge in [-0.05, 0) is 38.4 Å². The molecule has 2 N–H and O–H groups in total. The fraction of sp³-hybridized carbons (Fsp3) is 0.571. The summed E-state index contributed by atoms with van der Waals surface area (Å²) in [6.07, 6.45) is 5.67. The largest absolute Gasteiger partial charge is 0.389 e. The van der Waals surface area contributed by atoms with Gasteiger partial charge in [-0.15, -0.1) is 0 Å². The summed E-state index contributed by atoms with van der Waals surface area (Å²) < 4.78 is 0. The first kappa shape index (κ1) is 12.8. The van der Waals surface area contributed by atoms with Crippen molar-refractivity contribution in [2.24, 2.45) is 5.73 Å². The highest BCUT2D eigenvalue weighted by Gasteiger charge is 2.34. The second-order valence-electron chi connectivity index (χ2n) is 5.55. The molecule has 4 nitrogen and oxygen atoms in total. The van der Waals surface area contributed by atoms with Gasteiger partial charge in [0.1, 0.15) is 10.8 Å². The van der Waals surface area contributed by atoms with Crippen LogP contribution in [-0.4, -0.2) is 47.1 Å². The van der Waals surface area contributed by atoms with E-state index in [2.05, 4.69) is 21.8 Å². The first-order valence-corrected chi connectivity index (χ1v) is 7.28. The summed E-state index contributed by atoms with van der Waals surface area (Å²) in [6.45, 7) is 2.16. The van der Waals surface area contributed by atoms with E-state index in [0.29, 0.717) is 11.0 Å². The van der Waals surface area contributed by atoms with Gasteiger partial charge in [-0.1, -0.05) is 12.2 Å². The van der Waals surface area contributed by atoms with Crippen molar-refractivity contribution in [2.45, 2.75) is 31.3 Å². The van der Waals surface area contributed by atoms with Crippen LogP contribution in [0, 0.1) is 0 Å². The van der Waals surface area contributed by atoms with Crippen molar-refractivity contribution in [2.75, 3.05) is 25.0 Å². The molecule has 3 rings (SSSR count). The fourth-order valence-corrected chi connectivity index (χ4v) is 3.36. The summed E-state index contributed by atoms with van der Waals surface area (Å²) in [5, 5.41) is 0. The van der Waals surface area contributed by atoms with E-state index in [0.717, 1.165) is 30.5 Å². The van der Waals surface area contributed by atoms with E-state index in [4.69, 9.17) is 18.0 Å². The molecule has 1 aromatic heterocycles. The molecule has 2 unspecified atom stereocenters. The van der Waals surface area contributed by atoms with Gasteiger partial charge in [-0.3, -0.25) is 4.90 Å². The Balaban J connectivity index is 1.77. The average Bonchev–Trinajstić information content (AvgIpc) is 2.63. The molecule has 0 saturated carbocycles. The van der Waals surface area contributed by atoms with E-state index >= 15 is 0 Å². The molecule has 102 valence electrons. The molecule has 1 aromatic rings. The van der Waals surface area contributed by atoms with E-state index in [9.17, 15) is 0 Å². The number of hydrogen-bond donors (Lipinski definition) is 1. The minimum Gasteiger partial charge on any atom is -0.389 e. The molecule has 0 radical (unpaired) electrons. The first-order valence-electron chi connectivity index (χ1n) is 6.88. The molecule has 2 bridgehead atoms. The van der Waals surface area contributed by atoms with Crippen LogP contribution in [0.25, 0.3) is 0 Å². The van der Waals surface area contributed by atoms with E-state index < -0.39 is 0 Å². The lowest BCUT2D eigenvalue weighted by Gasteiger charge is -2.26. The Morgan fingerprint density at radius 2 is 2.11 bits per heavy atom. The van der Waals surface area contributed by atoms with Gasteiger partial charge in [0.05, 0.1) is 0 Å². The van der Waals surface area contributed by atoms with Gasteiger partial charge in [0, 0.05) is 36.9 Å². The maximum Gasteiger partial charge on any atom is 0.128 e. The molecule has 2 aliphatic rings. The molecular weight excluding hydrogens is 256 g/mol. The van der Waals surface area contributed by atoms with Crippen LogP contribution >= 0.6 is 12.2 Å². The Labute approximate surface area is 119 Å². The predicted molar refractivity (Wildman–Crippen MR) is 81.5 cm³/mol. The zero-order valence-corrected chi connectivity index (χ0v) is 12.1. The molecule has 0 spiro atoms. The topological polar surface area (TPSA) is 45.4 Å². The van der Waals surface area contributed by atoms with Crippen LogP contribution in [0.5, 0.6) is 0 Å². The number of anilines is 1.